The molecule has 4 unspecified atom stereocenters. The second-order valence-corrected chi connectivity index (χ2v) is 5.58. The van der Waals surface area contributed by atoms with Gasteiger partial charge in [-0.25, -0.2) is 0 Å². The van der Waals surface area contributed by atoms with Crippen LogP contribution in [0.25, 0.3) is 0 Å². The average Bonchev–Trinajstić information content (AvgIpc) is 2.63. The maximum Gasteiger partial charge on any atom is 0.308 e. The highest BCUT2D eigenvalue weighted by Crippen LogP contribution is 2.46. The van der Waals surface area contributed by atoms with Crippen LogP contribution >= 0.6 is 0 Å². The van der Waals surface area contributed by atoms with Gasteiger partial charge in [0.2, 0.25) is 0 Å². The molecule has 2 saturated heterocycles. The molecular weight excluding hydrogens is 226 g/mol. The Morgan fingerprint density at radius 2 is 2.00 bits per heavy atom. The van der Waals surface area contributed by atoms with E-state index in [0.29, 0.717) is 6.04 Å². The van der Waals surface area contributed by atoms with Gasteiger partial charge in [0.1, 0.15) is 0 Å². The lowest BCUT2D eigenvalue weighted by Gasteiger charge is -2.41. The van der Waals surface area contributed by atoms with Crippen LogP contribution in [0, 0.1) is 5.92 Å². The Balaban J connectivity index is 1.96. The minimum atomic E-state index is -0.638. The maximum absolute atomic E-state index is 11.6. The standard InChI is InChI=1S/C15H19NO2/c1-16-11-7-8-13(16)14(15(17)18)12(9-11)10-5-3-2-4-6-10/h2-6,11-14H,7-9H2,1H3,(H,17,18). The number of piperidine rings is 1. The molecule has 0 spiro atoms. The molecule has 0 aliphatic carbocycles. The fraction of sp³-hybridized carbons (Fsp3) is 0.533. The normalized spacial score (nSPS) is 35.6. The summed E-state index contributed by atoms with van der Waals surface area (Å²) in [5.41, 5.74) is 1.19. The number of benzene rings is 1. The van der Waals surface area contributed by atoms with E-state index in [1.165, 1.54) is 5.56 Å². The number of hydrogen-bond donors (Lipinski definition) is 1. The number of carboxylic acid groups (broad SMARTS) is 1. The summed E-state index contributed by atoms with van der Waals surface area (Å²) in [7, 11) is 2.08. The van der Waals surface area contributed by atoms with Gasteiger partial charge in [0.25, 0.3) is 0 Å². The van der Waals surface area contributed by atoms with Crippen molar-refractivity contribution in [1.29, 1.82) is 0 Å². The van der Waals surface area contributed by atoms with E-state index < -0.39 is 5.97 Å². The van der Waals surface area contributed by atoms with E-state index in [2.05, 4.69) is 24.1 Å². The molecule has 2 aliphatic rings. The van der Waals surface area contributed by atoms with E-state index in [4.69, 9.17) is 0 Å². The summed E-state index contributed by atoms with van der Waals surface area (Å²) in [5, 5.41) is 9.58. The number of rotatable bonds is 2. The first-order valence-corrected chi connectivity index (χ1v) is 6.68. The van der Waals surface area contributed by atoms with Gasteiger partial charge in [-0.2, -0.15) is 0 Å². The molecule has 0 aromatic heterocycles. The number of carbonyl (C=O) groups is 1. The lowest BCUT2D eigenvalue weighted by Crippen LogP contribution is -2.48. The SMILES string of the molecule is CN1C2CCC1C(C(=O)O)C(c1ccccc1)C2. The highest BCUT2D eigenvalue weighted by Gasteiger charge is 2.48. The first-order valence-electron chi connectivity index (χ1n) is 6.68. The summed E-state index contributed by atoms with van der Waals surface area (Å²) in [6.07, 6.45) is 3.16. The molecule has 3 nitrogen and oxygen atoms in total. The maximum atomic E-state index is 11.6. The fourth-order valence-electron chi connectivity index (χ4n) is 3.85. The molecule has 2 bridgehead atoms. The second kappa shape index (κ2) is 4.39. The van der Waals surface area contributed by atoms with Gasteiger partial charge in [0, 0.05) is 18.0 Å². The Morgan fingerprint density at radius 3 is 2.67 bits per heavy atom. The molecule has 4 atom stereocenters. The predicted octanol–water partition coefficient (Wildman–Crippen LogP) is 2.34. The van der Waals surface area contributed by atoms with Crippen LogP contribution in [0.3, 0.4) is 0 Å². The van der Waals surface area contributed by atoms with E-state index in [1.807, 2.05) is 18.2 Å². The molecule has 1 aromatic carbocycles. The van der Waals surface area contributed by atoms with Crippen LogP contribution in [0.1, 0.15) is 30.7 Å². The van der Waals surface area contributed by atoms with E-state index in [-0.39, 0.29) is 17.9 Å². The lowest BCUT2D eigenvalue weighted by atomic mass is 9.76. The Hall–Kier alpha value is -1.35. The number of fused-ring (bicyclic) bond motifs is 2. The summed E-state index contributed by atoms with van der Waals surface area (Å²) >= 11 is 0. The molecule has 2 heterocycles. The van der Waals surface area contributed by atoms with E-state index in [0.717, 1.165) is 19.3 Å². The molecule has 0 radical (unpaired) electrons. The van der Waals surface area contributed by atoms with Crippen molar-refractivity contribution in [3.05, 3.63) is 35.9 Å². The van der Waals surface area contributed by atoms with Crippen LogP contribution in [0.4, 0.5) is 0 Å². The molecule has 3 heteroatoms. The molecule has 96 valence electrons. The highest BCUT2D eigenvalue weighted by molar-refractivity contribution is 5.73. The van der Waals surface area contributed by atoms with Gasteiger partial charge < -0.3 is 5.11 Å². The van der Waals surface area contributed by atoms with Gasteiger partial charge in [-0.1, -0.05) is 30.3 Å². The quantitative estimate of drug-likeness (QED) is 0.869. The summed E-state index contributed by atoms with van der Waals surface area (Å²) in [6, 6.07) is 10.9. The summed E-state index contributed by atoms with van der Waals surface area (Å²) < 4.78 is 0. The van der Waals surface area contributed by atoms with Crippen molar-refractivity contribution in [3.8, 4) is 0 Å². The van der Waals surface area contributed by atoms with Gasteiger partial charge in [-0.15, -0.1) is 0 Å². The third-order valence-electron chi connectivity index (χ3n) is 4.78. The first-order chi connectivity index (χ1) is 8.68. The minimum Gasteiger partial charge on any atom is -0.481 e. The predicted molar refractivity (Wildman–Crippen MR) is 69.5 cm³/mol. The molecule has 1 N–H and O–H groups in total. The molecular formula is C15H19NO2. The van der Waals surface area contributed by atoms with Crippen LogP contribution in [-0.4, -0.2) is 35.1 Å². The van der Waals surface area contributed by atoms with E-state index in [1.54, 1.807) is 0 Å². The largest absolute Gasteiger partial charge is 0.481 e. The zero-order valence-electron chi connectivity index (χ0n) is 10.6. The Morgan fingerprint density at radius 1 is 1.28 bits per heavy atom. The lowest BCUT2D eigenvalue weighted by molar-refractivity contribution is -0.146. The van der Waals surface area contributed by atoms with E-state index >= 15 is 0 Å². The monoisotopic (exact) mass is 245 g/mol. The van der Waals surface area contributed by atoms with Crippen LogP contribution in [0.15, 0.2) is 30.3 Å². The zero-order chi connectivity index (χ0) is 12.7. The molecule has 3 rings (SSSR count). The number of nitrogens with zero attached hydrogens (tertiary/aromatic N) is 1. The molecule has 18 heavy (non-hydrogen) atoms. The number of carboxylic acids is 1. The molecule has 0 saturated carbocycles. The van der Waals surface area contributed by atoms with Crippen LogP contribution in [0.5, 0.6) is 0 Å². The van der Waals surface area contributed by atoms with E-state index in [9.17, 15) is 9.90 Å². The highest BCUT2D eigenvalue weighted by atomic mass is 16.4. The topological polar surface area (TPSA) is 40.5 Å². The summed E-state index contributed by atoms with van der Waals surface area (Å²) in [6.45, 7) is 0. The van der Waals surface area contributed by atoms with Gasteiger partial charge in [-0.3, -0.25) is 9.69 Å². The number of aliphatic carboxylic acids is 1. The van der Waals surface area contributed by atoms with Crippen LogP contribution < -0.4 is 0 Å². The second-order valence-electron chi connectivity index (χ2n) is 5.58. The first kappa shape index (κ1) is 11.7. The van der Waals surface area contributed by atoms with Crippen LogP contribution in [0.2, 0.25) is 0 Å². The van der Waals surface area contributed by atoms with Crippen molar-refractivity contribution >= 4 is 5.97 Å². The van der Waals surface area contributed by atoms with Gasteiger partial charge in [0.15, 0.2) is 0 Å². The molecule has 0 amide bonds. The minimum absolute atomic E-state index is 0.178. The third kappa shape index (κ3) is 1.74. The third-order valence-corrected chi connectivity index (χ3v) is 4.78. The Bertz CT molecular complexity index is 445. The van der Waals surface area contributed by atoms with Crippen LogP contribution in [-0.2, 0) is 4.79 Å². The Labute approximate surface area is 107 Å². The van der Waals surface area contributed by atoms with Crippen molar-refractivity contribution < 1.29 is 9.90 Å². The van der Waals surface area contributed by atoms with Gasteiger partial charge in [0.05, 0.1) is 5.92 Å². The van der Waals surface area contributed by atoms with Gasteiger partial charge >= 0.3 is 5.97 Å². The van der Waals surface area contributed by atoms with Gasteiger partial charge in [-0.05, 0) is 31.9 Å². The Kier molecular flexibility index (Phi) is 2.86. The molecule has 2 aliphatic heterocycles. The van der Waals surface area contributed by atoms with Crippen molar-refractivity contribution in [2.75, 3.05) is 7.05 Å². The summed E-state index contributed by atoms with van der Waals surface area (Å²) in [5.74, 6) is -0.713. The number of hydrogen-bond acceptors (Lipinski definition) is 2. The van der Waals surface area contributed by atoms with Crippen molar-refractivity contribution in [2.45, 2.75) is 37.3 Å². The fourth-order valence-corrected chi connectivity index (χ4v) is 3.85. The zero-order valence-corrected chi connectivity index (χ0v) is 10.6. The average molecular weight is 245 g/mol. The summed E-state index contributed by atoms with van der Waals surface area (Å²) in [4.78, 5) is 13.9. The van der Waals surface area contributed by atoms with Crippen molar-refractivity contribution in [1.82, 2.24) is 4.90 Å². The van der Waals surface area contributed by atoms with Crippen molar-refractivity contribution in [2.24, 2.45) is 5.92 Å². The molecule has 1 aromatic rings. The molecule has 2 fully saturated rings. The smallest absolute Gasteiger partial charge is 0.308 e. The van der Waals surface area contributed by atoms with Crippen molar-refractivity contribution in [3.63, 3.8) is 0 Å².